The Balaban J connectivity index is 1.84. The van der Waals surface area contributed by atoms with E-state index < -0.39 is 16.4 Å². The van der Waals surface area contributed by atoms with Gasteiger partial charge in [0.15, 0.2) is 0 Å². The summed E-state index contributed by atoms with van der Waals surface area (Å²) in [4.78, 5) is 18.1. The first-order valence-corrected chi connectivity index (χ1v) is 9.55. The average Bonchev–Trinajstić information content (AvgIpc) is 2.46. The van der Waals surface area contributed by atoms with Gasteiger partial charge in [-0.25, -0.2) is 4.79 Å². The van der Waals surface area contributed by atoms with Crippen LogP contribution in [0, 0.1) is 5.92 Å². The lowest BCUT2D eigenvalue weighted by atomic mass is 10.0. The summed E-state index contributed by atoms with van der Waals surface area (Å²) in [7, 11) is -0.957. The molecule has 128 valence electrons. The van der Waals surface area contributed by atoms with E-state index in [1.54, 1.807) is 11.1 Å². The highest BCUT2D eigenvalue weighted by atomic mass is 32.2. The van der Waals surface area contributed by atoms with E-state index in [2.05, 4.69) is 4.98 Å². The molecule has 1 aliphatic rings. The molecule has 0 unspecified atom stereocenters. The van der Waals surface area contributed by atoms with Gasteiger partial charge in [-0.15, -0.1) is 0 Å². The number of pyridine rings is 1. The van der Waals surface area contributed by atoms with E-state index in [9.17, 15) is 9.00 Å². The van der Waals surface area contributed by atoms with Gasteiger partial charge in [0.05, 0.1) is 11.4 Å². The molecule has 2 atom stereocenters. The molecule has 0 N–H and O–H groups in total. The highest BCUT2D eigenvalue weighted by Gasteiger charge is 2.28. The van der Waals surface area contributed by atoms with Gasteiger partial charge in [0, 0.05) is 35.8 Å². The van der Waals surface area contributed by atoms with Gasteiger partial charge in [-0.1, -0.05) is 6.07 Å². The molecule has 1 aromatic rings. The first-order valence-electron chi connectivity index (χ1n) is 8.06. The van der Waals surface area contributed by atoms with Crippen LogP contribution in [-0.4, -0.2) is 44.6 Å². The summed E-state index contributed by atoms with van der Waals surface area (Å²) in [5, 5.41) is 0. The van der Waals surface area contributed by atoms with Gasteiger partial charge in [0.1, 0.15) is 5.60 Å². The third-order valence-corrected chi connectivity index (χ3v) is 5.09. The van der Waals surface area contributed by atoms with Crippen LogP contribution in [0.25, 0.3) is 0 Å². The molecule has 5 nitrogen and oxygen atoms in total. The first kappa shape index (κ1) is 17.9. The van der Waals surface area contributed by atoms with E-state index in [1.807, 2.05) is 39.0 Å². The molecule has 0 radical (unpaired) electrons. The fourth-order valence-corrected chi connectivity index (χ4v) is 4.08. The molecule has 2 rings (SSSR count). The third kappa shape index (κ3) is 6.29. The number of likely N-dealkylation sites (tertiary alicyclic amines) is 1. The monoisotopic (exact) mass is 338 g/mol. The molecule has 0 bridgehead atoms. The molecule has 1 amide bonds. The lowest BCUT2D eigenvalue weighted by Crippen LogP contribution is -2.44. The van der Waals surface area contributed by atoms with Crippen LogP contribution in [0.3, 0.4) is 0 Å². The zero-order valence-electron chi connectivity index (χ0n) is 14.2. The van der Waals surface area contributed by atoms with Crippen LogP contribution in [0.1, 0.15) is 39.3 Å². The fourth-order valence-electron chi connectivity index (χ4n) is 2.66. The van der Waals surface area contributed by atoms with Gasteiger partial charge < -0.3 is 9.64 Å². The second-order valence-electron chi connectivity index (χ2n) is 7.01. The molecule has 0 aliphatic carbocycles. The predicted molar refractivity (Wildman–Crippen MR) is 91.5 cm³/mol. The molecule has 6 heteroatoms. The van der Waals surface area contributed by atoms with Crippen molar-refractivity contribution in [1.82, 2.24) is 9.88 Å². The molecule has 1 fully saturated rings. The van der Waals surface area contributed by atoms with E-state index >= 15 is 0 Å². The van der Waals surface area contributed by atoms with Crippen molar-refractivity contribution < 1.29 is 13.7 Å². The Hall–Kier alpha value is -1.43. The van der Waals surface area contributed by atoms with Crippen LogP contribution in [-0.2, 0) is 21.3 Å². The van der Waals surface area contributed by atoms with Crippen LogP contribution in [0.2, 0.25) is 0 Å². The summed E-state index contributed by atoms with van der Waals surface area (Å²) in [6.07, 6.45) is 3.40. The smallest absolute Gasteiger partial charge is 0.410 e. The Morgan fingerprint density at radius 1 is 1.43 bits per heavy atom. The van der Waals surface area contributed by atoms with Gasteiger partial charge in [-0.3, -0.25) is 9.19 Å². The quantitative estimate of drug-likeness (QED) is 0.847. The molecule has 1 aromatic heterocycles. The van der Waals surface area contributed by atoms with Crippen molar-refractivity contribution in [3.8, 4) is 0 Å². The van der Waals surface area contributed by atoms with Gasteiger partial charge in [-0.05, 0) is 51.7 Å². The summed E-state index contributed by atoms with van der Waals surface area (Å²) in [5.74, 6) is 1.35. The van der Waals surface area contributed by atoms with E-state index in [0.717, 1.165) is 25.1 Å². The molecule has 0 spiro atoms. The largest absolute Gasteiger partial charge is 0.444 e. The normalized spacial score (nSPS) is 20.1. The maximum Gasteiger partial charge on any atom is 0.410 e. The van der Waals surface area contributed by atoms with E-state index in [-0.39, 0.29) is 12.0 Å². The second kappa shape index (κ2) is 7.90. The molecule has 23 heavy (non-hydrogen) atoms. The van der Waals surface area contributed by atoms with Gasteiger partial charge in [-0.2, -0.15) is 0 Å². The van der Waals surface area contributed by atoms with Crippen LogP contribution < -0.4 is 0 Å². The minimum absolute atomic E-state index is 0.265. The number of piperidine rings is 1. The summed E-state index contributed by atoms with van der Waals surface area (Å²) < 4.78 is 17.7. The lowest BCUT2D eigenvalue weighted by molar-refractivity contribution is 0.0176. The van der Waals surface area contributed by atoms with E-state index in [0.29, 0.717) is 18.1 Å². The Kier molecular flexibility index (Phi) is 6.16. The number of ether oxygens (including phenoxy) is 1. The number of nitrogens with zero attached hydrogens (tertiary/aromatic N) is 2. The van der Waals surface area contributed by atoms with Gasteiger partial charge in [0.2, 0.25) is 0 Å². The van der Waals surface area contributed by atoms with Crippen LogP contribution >= 0.6 is 0 Å². The van der Waals surface area contributed by atoms with Crippen molar-refractivity contribution in [3.05, 3.63) is 30.1 Å². The zero-order valence-corrected chi connectivity index (χ0v) is 15.0. The SMILES string of the molecule is CC(C)(C)OC(=O)N1CCC[C@H](C[S@@](=O)Cc2ccccn2)C1. The maximum atomic E-state index is 12.3. The highest BCUT2D eigenvalue weighted by molar-refractivity contribution is 7.84. The number of hydrogen-bond acceptors (Lipinski definition) is 4. The fraction of sp³-hybridized carbons (Fsp3) is 0.647. The standard InChI is InChI=1S/C17H26N2O3S/c1-17(2,3)22-16(20)19-10-6-7-14(11-19)12-23(21)13-15-8-4-5-9-18-15/h4-5,8-9,14H,6-7,10-13H2,1-3H3/t14-,23+/m0/s1. The average molecular weight is 338 g/mol. The lowest BCUT2D eigenvalue weighted by Gasteiger charge is -2.34. The van der Waals surface area contributed by atoms with Crippen molar-refractivity contribution in [2.24, 2.45) is 5.92 Å². The Labute approximate surface area is 140 Å². The third-order valence-electron chi connectivity index (χ3n) is 3.63. The summed E-state index contributed by atoms with van der Waals surface area (Å²) in [6.45, 7) is 6.96. The molecule has 1 aliphatic heterocycles. The predicted octanol–water partition coefficient (Wildman–Crippen LogP) is 2.98. The van der Waals surface area contributed by atoms with Crippen molar-refractivity contribution in [2.45, 2.75) is 45.0 Å². The minimum atomic E-state index is -0.957. The Bertz CT molecular complexity index is 543. The molecule has 0 aromatic carbocycles. The summed E-state index contributed by atoms with van der Waals surface area (Å²) >= 11 is 0. The zero-order chi connectivity index (χ0) is 16.9. The Morgan fingerprint density at radius 2 is 2.22 bits per heavy atom. The molecule has 0 saturated carbocycles. The van der Waals surface area contributed by atoms with Gasteiger partial charge >= 0.3 is 6.09 Å². The van der Waals surface area contributed by atoms with Crippen LogP contribution in [0.4, 0.5) is 4.79 Å². The molecule has 2 heterocycles. The summed E-state index contributed by atoms with van der Waals surface area (Å²) in [6, 6.07) is 5.66. The number of carbonyl (C=O) groups excluding carboxylic acids is 1. The summed E-state index contributed by atoms with van der Waals surface area (Å²) in [5.41, 5.74) is 0.372. The number of aromatic nitrogens is 1. The second-order valence-corrected chi connectivity index (χ2v) is 8.51. The first-order chi connectivity index (χ1) is 10.8. The van der Waals surface area contributed by atoms with Crippen molar-refractivity contribution in [1.29, 1.82) is 0 Å². The molecular weight excluding hydrogens is 312 g/mol. The number of hydrogen-bond donors (Lipinski definition) is 0. The highest BCUT2D eigenvalue weighted by Crippen LogP contribution is 2.20. The molecule has 1 saturated heterocycles. The van der Waals surface area contributed by atoms with Crippen LogP contribution in [0.15, 0.2) is 24.4 Å². The van der Waals surface area contributed by atoms with Crippen LogP contribution in [0.5, 0.6) is 0 Å². The minimum Gasteiger partial charge on any atom is -0.444 e. The van der Waals surface area contributed by atoms with Crippen molar-refractivity contribution in [3.63, 3.8) is 0 Å². The topological polar surface area (TPSA) is 59.5 Å². The number of amides is 1. The molecular formula is C17H26N2O3S. The Morgan fingerprint density at radius 3 is 2.87 bits per heavy atom. The van der Waals surface area contributed by atoms with E-state index in [4.69, 9.17) is 4.74 Å². The number of rotatable bonds is 4. The van der Waals surface area contributed by atoms with Crippen molar-refractivity contribution >= 4 is 16.9 Å². The maximum absolute atomic E-state index is 12.3. The number of carbonyl (C=O) groups is 1. The van der Waals surface area contributed by atoms with Gasteiger partial charge in [0.25, 0.3) is 0 Å². The van der Waals surface area contributed by atoms with E-state index in [1.165, 1.54) is 0 Å². The van der Waals surface area contributed by atoms with Crippen molar-refractivity contribution in [2.75, 3.05) is 18.8 Å².